The zero-order valence-electron chi connectivity index (χ0n) is 10.4. The van der Waals surface area contributed by atoms with E-state index in [1.54, 1.807) is 12.1 Å². The number of hydrogen-bond acceptors (Lipinski definition) is 3. The molecule has 1 aliphatic carbocycles. The first-order valence-electron chi connectivity index (χ1n) is 5.98. The maximum Gasteiger partial charge on any atom is 0.320 e. The minimum absolute atomic E-state index is 0.142. The van der Waals surface area contributed by atoms with Crippen LogP contribution < -0.4 is 0 Å². The smallest absolute Gasteiger partial charge is 0.320 e. The van der Waals surface area contributed by atoms with Gasteiger partial charge in [-0.05, 0) is 24.8 Å². The third-order valence-electron chi connectivity index (χ3n) is 3.59. The van der Waals surface area contributed by atoms with Crippen molar-refractivity contribution in [1.29, 1.82) is 0 Å². The highest BCUT2D eigenvalue weighted by Crippen LogP contribution is 2.39. The van der Waals surface area contributed by atoms with Crippen LogP contribution in [0, 0.1) is 5.41 Å². The molecule has 0 heterocycles. The van der Waals surface area contributed by atoms with Crippen LogP contribution in [0.5, 0.6) is 0 Å². The van der Waals surface area contributed by atoms with Crippen molar-refractivity contribution >= 4 is 11.8 Å². The average Bonchev–Trinajstić information content (AvgIpc) is 2.41. The van der Waals surface area contributed by atoms with Gasteiger partial charge in [0, 0.05) is 5.56 Å². The summed E-state index contributed by atoms with van der Waals surface area (Å²) < 4.78 is 4.82. The summed E-state index contributed by atoms with van der Waals surface area (Å²) in [6.45, 7) is 3.65. The second-order valence-electron chi connectivity index (χ2n) is 4.55. The number of methoxy groups -OCH3 is 1. The average molecular weight is 244 g/mol. The van der Waals surface area contributed by atoms with Gasteiger partial charge in [-0.1, -0.05) is 30.3 Å². The van der Waals surface area contributed by atoms with Gasteiger partial charge in [0.2, 0.25) is 0 Å². The molecule has 3 heteroatoms. The number of carbonyl (C=O) groups excluding carboxylic acids is 2. The predicted octanol–water partition coefficient (Wildman–Crippen LogP) is 2.55. The molecule has 3 nitrogen and oxygen atoms in total. The molecule has 2 rings (SSSR count). The summed E-state index contributed by atoms with van der Waals surface area (Å²) in [6, 6.07) is 7.43. The van der Waals surface area contributed by atoms with E-state index in [-0.39, 0.29) is 5.78 Å². The van der Waals surface area contributed by atoms with E-state index in [9.17, 15) is 9.59 Å². The van der Waals surface area contributed by atoms with Crippen LogP contribution in [0.1, 0.15) is 28.8 Å². The monoisotopic (exact) mass is 244 g/mol. The summed E-state index contributed by atoms with van der Waals surface area (Å²) in [7, 11) is 1.32. The van der Waals surface area contributed by atoms with Gasteiger partial charge in [0.15, 0.2) is 5.78 Å². The van der Waals surface area contributed by atoms with Gasteiger partial charge in [-0.25, -0.2) is 0 Å². The van der Waals surface area contributed by atoms with Gasteiger partial charge in [0.25, 0.3) is 0 Å². The van der Waals surface area contributed by atoms with Crippen molar-refractivity contribution < 1.29 is 14.3 Å². The molecule has 0 saturated heterocycles. The van der Waals surface area contributed by atoms with E-state index in [0.717, 1.165) is 5.56 Å². The van der Waals surface area contributed by atoms with Crippen LogP contribution in [0.3, 0.4) is 0 Å². The summed E-state index contributed by atoms with van der Waals surface area (Å²) in [5, 5.41) is 0. The summed E-state index contributed by atoms with van der Waals surface area (Å²) in [5.74, 6) is -0.599. The Kier molecular flexibility index (Phi) is 3.32. The van der Waals surface area contributed by atoms with Gasteiger partial charge in [0.05, 0.1) is 7.11 Å². The number of aryl methyl sites for hydroxylation is 1. The van der Waals surface area contributed by atoms with Gasteiger partial charge >= 0.3 is 5.97 Å². The zero-order chi connectivity index (χ0) is 13.2. The third-order valence-corrected chi connectivity index (χ3v) is 3.59. The normalized spacial score (nSPS) is 22.2. The predicted molar refractivity (Wildman–Crippen MR) is 68.4 cm³/mol. The number of allylic oxidation sites excluding steroid dienone is 1. The molecule has 1 aliphatic rings. The maximum absolute atomic E-state index is 12.6. The third kappa shape index (κ3) is 1.76. The summed E-state index contributed by atoms with van der Waals surface area (Å²) in [4.78, 5) is 24.6. The highest BCUT2D eigenvalue weighted by Gasteiger charge is 2.48. The SMILES string of the molecule is C=CC[C@@]1(C(=O)OC)CCc2ccccc2C1=O. The summed E-state index contributed by atoms with van der Waals surface area (Å²) in [5.41, 5.74) is 0.562. The molecule has 0 unspecified atom stereocenters. The van der Waals surface area contributed by atoms with E-state index in [1.807, 2.05) is 18.2 Å². The maximum atomic E-state index is 12.6. The molecule has 0 spiro atoms. The van der Waals surface area contributed by atoms with Crippen molar-refractivity contribution in [3.63, 3.8) is 0 Å². The lowest BCUT2D eigenvalue weighted by atomic mass is 9.68. The first-order chi connectivity index (χ1) is 8.65. The van der Waals surface area contributed by atoms with Crippen molar-refractivity contribution in [3.05, 3.63) is 48.0 Å². The van der Waals surface area contributed by atoms with E-state index < -0.39 is 11.4 Å². The molecule has 1 aromatic carbocycles. The molecule has 0 saturated carbocycles. The van der Waals surface area contributed by atoms with E-state index in [0.29, 0.717) is 24.8 Å². The van der Waals surface area contributed by atoms with Crippen LogP contribution >= 0.6 is 0 Å². The Morgan fingerprint density at radius 1 is 1.50 bits per heavy atom. The molecular weight excluding hydrogens is 228 g/mol. The fraction of sp³-hybridized carbons (Fsp3) is 0.333. The van der Waals surface area contributed by atoms with Crippen LogP contribution in [0.25, 0.3) is 0 Å². The Bertz CT molecular complexity index is 504. The highest BCUT2D eigenvalue weighted by atomic mass is 16.5. The number of carbonyl (C=O) groups is 2. The zero-order valence-corrected chi connectivity index (χ0v) is 10.4. The van der Waals surface area contributed by atoms with Crippen molar-refractivity contribution in [3.8, 4) is 0 Å². The Balaban J connectivity index is 2.50. The molecule has 0 aromatic heterocycles. The number of hydrogen-bond donors (Lipinski definition) is 0. The minimum Gasteiger partial charge on any atom is -0.468 e. The molecule has 0 aliphatic heterocycles. The lowest BCUT2D eigenvalue weighted by Gasteiger charge is -2.33. The lowest BCUT2D eigenvalue weighted by Crippen LogP contribution is -2.43. The fourth-order valence-corrected chi connectivity index (χ4v) is 2.59. The van der Waals surface area contributed by atoms with E-state index in [4.69, 9.17) is 4.74 Å². The van der Waals surface area contributed by atoms with Gasteiger partial charge in [-0.2, -0.15) is 0 Å². The molecule has 0 bridgehead atoms. The first-order valence-corrected chi connectivity index (χ1v) is 5.98. The largest absolute Gasteiger partial charge is 0.468 e. The topological polar surface area (TPSA) is 43.4 Å². The van der Waals surface area contributed by atoms with Gasteiger partial charge in [-0.15, -0.1) is 6.58 Å². The van der Waals surface area contributed by atoms with Crippen LogP contribution in [0.15, 0.2) is 36.9 Å². The van der Waals surface area contributed by atoms with Crippen LogP contribution in [0.4, 0.5) is 0 Å². The van der Waals surface area contributed by atoms with Gasteiger partial charge < -0.3 is 4.74 Å². The van der Waals surface area contributed by atoms with E-state index in [1.165, 1.54) is 7.11 Å². The second kappa shape index (κ2) is 4.77. The number of ether oxygens (including phenoxy) is 1. The number of fused-ring (bicyclic) bond motifs is 1. The van der Waals surface area contributed by atoms with Gasteiger partial charge in [0.1, 0.15) is 5.41 Å². The Hall–Kier alpha value is -1.90. The molecule has 1 atom stereocenters. The quantitative estimate of drug-likeness (QED) is 0.466. The molecule has 0 fully saturated rings. The molecular formula is C15H16O3. The lowest BCUT2D eigenvalue weighted by molar-refractivity contribution is -0.150. The van der Waals surface area contributed by atoms with Crippen LogP contribution in [0.2, 0.25) is 0 Å². The van der Waals surface area contributed by atoms with Crippen molar-refractivity contribution in [2.24, 2.45) is 5.41 Å². The van der Waals surface area contributed by atoms with Crippen molar-refractivity contribution in [1.82, 2.24) is 0 Å². The first kappa shape index (κ1) is 12.6. The molecule has 0 amide bonds. The molecule has 1 aromatic rings. The molecule has 0 radical (unpaired) electrons. The number of Topliss-reactive ketones (excluding diaryl/α,β-unsaturated/α-hetero) is 1. The minimum atomic E-state index is -1.08. The highest BCUT2D eigenvalue weighted by molar-refractivity contribution is 6.14. The van der Waals surface area contributed by atoms with Gasteiger partial charge in [-0.3, -0.25) is 9.59 Å². The number of esters is 1. The number of benzene rings is 1. The number of rotatable bonds is 3. The summed E-state index contributed by atoms with van der Waals surface area (Å²) in [6.07, 6.45) is 3.14. The van der Waals surface area contributed by atoms with E-state index in [2.05, 4.69) is 6.58 Å². The Morgan fingerprint density at radius 3 is 2.89 bits per heavy atom. The van der Waals surface area contributed by atoms with Crippen LogP contribution in [-0.2, 0) is 16.0 Å². The van der Waals surface area contributed by atoms with Crippen LogP contribution in [-0.4, -0.2) is 18.9 Å². The van der Waals surface area contributed by atoms with Crippen molar-refractivity contribution in [2.75, 3.05) is 7.11 Å². The standard InChI is InChI=1S/C15H16O3/c1-3-9-15(14(17)18-2)10-8-11-6-4-5-7-12(11)13(15)16/h3-7H,1,8-10H2,2H3/t15-/m1/s1. The number of ketones is 1. The van der Waals surface area contributed by atoms with E-state index >= 15 is 0 Å². The Labute approximate surface area is 106 Å². The summed E-state index contributed by atoms with van der Waals surface area (Å²) >= 11 is 0. The fourth-order valence-electron chi connectivity index (χ4n) is 2.59. The van der Waals surface area contributed by atoms with Crippen molar-refractivity contribution in [2.45, 2.75) is 19.3 Å². The molecule has 18 heavy (non-hydrogen) atoms. The second-order valence-corrected chi connectivity index (χ2v) is 4.55. The molecule has 0 N–H and O–H groups in total. The Morgan fingerprint density at radius 2 is 2.22 bits per heavy atom. The molecule has 94 valence electrons.